The number of carboxylic acids is 1. The lowest BCUT2D eigenvalue weighted by atomic mass is 9.56. The zero-order valence-corrected chi connectivity index (χ0v) is 9.66. The van der Waals surface area contributed by atoms with Gasteiger partial charge in [-0.1, -0.05) is 12.8 Å². The van der Waals surface area contributed by atoms with E-state index in [1.54, 1.807) is 0 Å². The third-order valence-electron chi connectivity index (χ3n) is 4.36. The lowest BCUT2D eigenvalue weighted by Gasteiger charge is -2.49. The van der Waals surface area contributed by atoms with Gasteiger partial charge in [-0.05, 0) is 31.1 Å². The molecule has 1 amide bonds. The second-order valence-electron chi connectivity index (χ2n) is 5.29. The van der Waals surface area contributed by atoms with Crippen molar-refractivity contribution in [3.05, 3.63) is 0 Å². The largest absolute Gasteiger partial charge is 0.481 e. The first-order valence-electron chi connectivity index (χ1n) is 6.02. The van der Waals surface area contributed by atoms with E-state index in [1.165, 1.54) is 19.8 Å². The Bertz CT molecular complexity index is 307. The number of carbonyl (C=O) groups excluding carboxylic acids is 1. The molecule has 0 spiro atoms. The van der Waals surface area contributed by atoms with Gasteiger partial charge in [0.1, 0.15) is 0 Å². The number of fused-ring (bicyclic) bond motifs is 3. The SMILES string of the molecule is CC(=O)NCC1(C(=O)O)CC2CCC1CC2. The summed E-state index contributed by atoms with van der Waals surface area (Å²) in [5, 5.41) is 12.2. The third-order valence-corrected chi connectivity index (χ3v) is 4.36. The second kappa shape index (κ2) is 4.07. The van der Waals surface area contributed by atoms with E-state index < -0.39 is 11.4 Å². The number of aliphatic carboxylic acids is 1. The van der Waals surface area contributed by atoms with Gasteiger partial charge in [-0.15, -0.1) is 0 Å². The molecule has 2 bridgehead atoms. The summed E-state index contributed by atoms with van der Waals surface area (Å²) in [7, 11) is 0. The summed E-state index contributed by atoms with van der Waals surface area (Å²) in [6, 6.07) is 0. The smallest absolute Gasteiger partial charge is 0.311 e. The van der Waals surface area contributed by atoms with E-state index in [0.717, 1.165) is 19.3 Å². The van der Waals surface area contributed by atoms with Gasteiger partial charge in [0.15, 0.2) is 0 Å². The van der Waals surface area contributed by atoms with E-state index in [-0.39, 0.29) is 11.8 Å². The Morgan fingerprint density at radius 1 is 1.31 bits per heavy atom. The molecule has 0 heterocycles. The van der Waals surface area contributed by atoms with Crippen LogP contribution in [-0.4, -0.2) is 23.5 Å². The molecule has 0 aromatic carbocycles. The standard InChI is InChI=1S/C12H19NO3/c1-8(14)13-7-12(11(15)16)6-9-2-4-10(12)5-3-9/h9-10H,2-7H2,1H3,(H,13,14)(H,15,16). The predicted molar refractivity (Wildman–Crippen MR) is 58.8 cm³/mol. The van der Waals surface area contributed by atoms with Gasteiger partial charge in [0.2, 0.25) is 5.91 Å². The van der Waals surface area contributed by atoms with Crippen molar-refractivity contribution in [2.45, 2.75) is 39.0 Å². The van der Waals surface area contributed by atoms with E-state index in [9.17, 15) is 14.7 Å². The van der Waals surface area contributed by atoms with E-state index in [4.69, 9.17) is 0 Å². The van der Waals surface area contributed by atoms with Crippen LogP contribution in [0.5, 0.6) is 0 Å². The number of hydrogen-bond acceptors (Lipinski definition) is 2. The minimum Gasteiger partial charge on any atom is -0.481 e. The van der Waals surface area contributed by atoms with Gasteiger partial charge in [-0.25, -0.2) is 0 Å². The Labute approximate surface area is 95.4 Å². The van der Waals surface area contributed by atoms with Crippen molar-refractivity contribution in [1.29, 1.82) is 0 Å². The normalized spacial score (nSPS) is 37.1. The van der Waals surface area contributed by atoms with Gasteiger partial charge in [0.05, 0.1) is 5.41 Å². The minimum absolute atomic E-state index is 0.137. The third kappa shape index (κ3) is 1.81. The van der Waals surface area contributed by atoms with Crippen molar-refractivity contribution in [1.82, 2.24) is 5.32 Å². The van der Waals surface area contributed by atoms with Gasteiger partial charge in [-0.2, -0.15) is 0 Å². The number of carbonyl (C=O) groups is 2. The molecular weight excluding hydrogens is 206 g/mol. The van der Waals surface area contributed by atoms with Crippen molar-refractivity contribution in [3.8, 4) is 0 Å². The van der Waals surface area contributed by atoms with E-state index >= 15 is 0 Å². The highest BCUT2D eigenvalue weighted by atomic mass is 16.4. The summed E-state index contributed by atoms with van der Waals surface area (Å²) < 4.78 is 0. The highest BCUT2D eigenvalue weighted by molar-refractivity contribution is 5.78. The van der Waals surface area contributed by atoms with Crippen molar-refractivity contribution in [2.75, 3.05) is 6.54 Å². The number of nitrogens with one attached hydrogen (secondary N) is 1. The van der Waals surface area contributed by atoms with Crippen LogP contribution in [0.2, 0.25) is 0 Å². The monoisotopic (exact) mass is 225 g/mol. The van der Waals surface area contributed by atoms with Gasteiger partial charge in [0.25, 0.3) is 0 Å². The molecule has 90 valence electrons. The zero-order valence-electron chi connectivity index (χ0n) is 9.66. The molecule has 3 aliphatic carbocycles. The summed E-state index contributed by atoms with van der Waals surface area (Å²) in [6.45, 7) is 1.75. The Hall–Kier alpha value is -1.06. The fraction of sp³-hybridized carbons (Fsp3) is 0.833. The first-order chi connectivity index (χ1) is 7.54. The Kier molecular flexibility index (Phi) is 2.91. The topological polar surface area (TPSA) is 66.4 Å². The van der Waals surface area contributed by atoms with Gasteiger partial charge in [-0.3, -0.25) is 9.59 Å². The van der Waals surface area contributed by atoms with Crippen molar-refractivity contribution in [3.63, 3.8) is 0 Å². The van der Waals surface area contributed by atoms with Crippen molar-refractivity contribution >= 4 is 11.9 Å². The number of amides is 1. The highest BCUT2D eigenvalue weighted by Gasteiger charge is 2.52. The summed E-state index contributed by atoms with van der Waals surface area (Å²) in [4.78, 5) is 22.5. The minimum atomic E-state index is -0.726. The summed E-state index contributed by atoms with van der Waals surface area (Å²) >= 11 is 0. The van der Waals surface area contributed by atoms with Crippen LogP contribution in [0.1, 0.15) is 39.0 Å². The van der Waals surface area contributed by atoms with Gasteiger partial charge in [0, 0.05) is 13.5 Å². The lowest BCUT2D eigenvalue weighted by molar-refractivity contribution is -0.160. The van der Waals surface area contributed by atoms with E-state index in [0.29, 0.717) is 12.5 Å². The molecule has 0 aromatic heterocycles. The molecule has 0 aromatic rings. The maximum atomic E-state index is 11.5. The van der Waals surface area contributed by atoms with Gasteiger partial charge < -0.3 is 10.4 Å². The van der Waals surface area contributed by atoms with Crippen LogP contribution in [0.4, 0.5) is 0 Å². The highest BCUT2D eigenvalue weighted by Crippen LogP contribution is 2.52. The summed E-state index contributed by atoms with van der Waals surface area (Å²) in [5.74, 6) is -0.0607. The summed E-state index contributed by atoms with van der Waals surface area (Å²) in [5.41, 5.74) is -0.688. The van der Waals surface area contributed by atoms with Crippen LogP contribution < -0.4 is 5.32 Å². The van der Waals surface area contributed by atoms with Gasteiger partial charge >= 0.3 is 5.97 Å². The zero-order chi connectivity index (χ0) is 11.8. The molecule has 3 fully saturated rings. The average Bonchev–Trinajstić information content (AvgIpc) is 2.27. The van der Waals surface area contributed by atoms with Crippen LogP contribution in [0, 0.1) is 17.3 Å². The Balaban J connectivity index is 2.15. The fourth-order valence-electron chi connectivity index (χ4n) is 3.44. The molecule has 16 heavy (non-hydrogen) atoms. The van der Waals surface area contributed by atoms with E-state index in [1.807, 2.05) is 0 Å². The Morgan fingerprint density at radius 2 is 1.94 bits per heavy atom. The first kappa shape index (κ1) is 11.4. The van der Waals surface area contributed by atoms with Crippen LogP contribution >= 0.6 is 0 Å². The van der Waals surface area contributed by atoms with Crippen LogP contribution in [0.25, 0.3) is 0 Å². The molecule has 0 aliphatic heterocycles. The number of carboxylic acid groups (broad SMARTS) is 1. The molecule has 4 heteroatoms. The van der Waals surface area contributed by atoms with Crippen LogP contribution in [0.15, 0.2) is 0 Å². The maximum Gasteiger partial charge on any atom is 0.311 e. The average molecular weight is 225 g/mol. The predicted octanol–water partition coefficient (Wildman–Crippen LogP) is 1.40. The van der Waals surface area contributed by atoms with Crippen molar-refractivity contribution < 1.29 is 14.7 Å². The molecular formula is C12H19NO3. The van der Waals surface area contributed by atoms with Crippen LogP contribution in [0.3, 0.4) is 0 Å². The molecule has 3 rings (SSSR count). The molecule has 4 nitrogen and oxygen atoms in total. The molecule has 3 saturated carbocycles. The molecule has 2 N–H and O–H groups in total. The second-order valence-corrected chi connectivity index (χ2v) is 5.29. The first-order valence-corrected chi connectivity index (χ1v) is 6.02. The van der Waals surface area contributed by atoms with E-state index in [2.05, 4.69) is 5.32 Å². The summed E-state index contributed by atoms with van der Waals surface area (Å²) in [6.07, 6.45) is 5.10. The van der Waals surface area contributed by atoms with Crippen molar-refractivity contribution in [2.24, 2.45) is 17.3 Å². The molecule has 0 radical (unpaired) electrons. The number of rotatable bonds is 3. The molecule has 0 saturated heterocycles. The quantitative estimate of drug-likeness (QED) is 0.763. The fourth-order valence-corrected chi connectivity index (χ4v) is 3.44. The molecule has 3 aliphatic rings. The molecule has 1 atom stereocenters. The maximum absolute atomic E-state index is 11.5. The number of hydrogen-bond donors (Lipinski definition) is 2. The molecule has 1 unspecified atom stereocenters. The Morgan fingerprint density at radius 3 is 2.31 bits per heavy atom. The lowest BCUT2D eigenvalue weighted by Crippen LogP contribution is -2.53. The van der Waals surface area contributed by atoms with Crippen LogP contribution in [-0.2, 0) is 9.59 Å².